The molecular weight excluding hydrogens is 284 g/mol. The minimum absolute atomic E-state index is 0.139. The number of hydrogen-bond donors (Lipinski definition) is 1. The molecule has 0 aliphatic heterocycles. The van der Waals surface area contributed by atoms with Crippen molar-refractivity contribution in [3.63, 3.8) is 0 Å². The number of rotatable bonds is 7. The number of benzene rings is 1. The van der Waals surface area contributed by atoms with Crippen LogP contribution in [0.1, 0.15) is 17.3 Å². The zero-order chi connectivity index (χ0) is 15.1. The zero-order valence-electron chi connectivity index (χ0n) is 11.3. The first kappa shape index (κ1) is 16.1. The lowest BCUT2D eigenvalue weighted by molar-refractivity contribution is -0.384. The minimum Gasteiger partial charge on any atom is -0.465 e. The summed E-state index contributed by atoms with van der Waals surface area (Å²) >= 11 is 0. The smallest absolute Gasteiger partial charge is 0.337 e. The van der Waals surface area contributed by atoms with Gasteiger partial charge in [-0.3, -0.25) is 14.3 Å². The number of carbonyl (C=O) groups excluding carboxylic acids is 1. The van der Waals surface area contributed by atoms with Gasteiger partial charge in [-0.1, -0.05) is 6.92 Å². The van der Waals surface area contributed by atoms with Crippen molar-refractivity contribution in [2.24, 2.45) is 0 Å². The number of carbonyl (C=O) groups is 1. The Balaban J connectivity index is 2.91. The number of nitrogens with zero attached hydrogens (tertiary/aromatic N) is 1. The van der Waals surface area contributed by atoms with E-state index in [4.69, 9.17) is 0 Å². The maximum Gasteiger partial charge on any atom is 0.337 e. The third kappa shape index (κ3) is 4.30. The van der Waals surface area contributed by atoms with E-state index < -0.39 is 21.7 Å². The molecule has 1 atom stereocenters. The van der Waals surface area contributed by atoms with Crippen molar-refractivity contribution in [3.05, 3.63) is 33.9 Å². The largest absolute Gasteiger partial charge is 0.465 e. The monoisotopic (exact) mass is 300 g/mol. The van der Waals surface area contributed by atoms with E-state index in [0.717, 1.165) is 0 Å². The fourth-order valence-electron chi connectivity index (χ4n) is 1.53. The number of esters is 1. The van der Waals surface area contributed by atoms with Gasteiger partial charge in [0, 0.05) is 34.9 Å². The van der Waals surface area contributed by atoms with Gasteiger partial charge in [0.25, 0.3) is 5.69 Å². The Bertz CT molecular complexity index is 533. The summed E-state index contributed by atoms with van der Waals surface area (Å²) in [5.41, 5.74) is 0.295. The molecule has 1 unspecified atom stereocenters. The quantitative estimate of drug-likeness (QED) is 0.466. The molecule has 0 aliphatic carbocycles. The summed E-state index contributed by atoms with van der Waals surface area (Å²) in [6, 6.07) is 3.93. The molecule has 8 heteroatoms. The number of methoxy groups -OCH3 is 1. The van der Waals surface area contributed by atoms with E-state index in [2.05, 4.69) is 10.1 Å². The highest BCUT2D eigenvalue weighted by molar-refractivity contribution is 7.84. The van der Waals surface area contributed by atoms with Crippen LogP contribution in [0, 0.1) is 10.1 Å². The maximum atomic E-state index is 11.4. The van der Waals surface area contributed by atoms with Crippen LogP contribution >= 0.6 is 0 Å². The molecule has 20 heavy (non-hydrogen) atoms. The van der Waals surface area contributed by atoms with E-state index in [1.807, 2.05) is 0 Å². The molecule has 0 fully saturated rings. The zero-order valence-corrected chi connectivity index (χ0v) is 12.1. The molecule has 0 heterocycles. The van der Waals surface area contributed by atoms with Crippen molar-refractivity contribution < 1.29 is 18.7 Å². The number of nitrogens with one attached hydrogen (secondary N) is 1. The molecule has 1 aromatic carbocycles. The van der Waals surface area contributed by atoms with E-state index in [1.54, 1.807) is 6.92 Å². The SMILES string of the molecule is CCS(=O)CCNc1cc(C(=O)OC)ccc1[N+](=O)[O-]. The van der Waals surface area contributed by atoms with Crippen LogP contribution in [0.15, 0.2) is 18.2 Å². The van der Waals surface area contributed by atoms with Crippen LogP contribution in [0.5, 0.6) is 0 Å². The van der Waals surface area contributed by atoms with Crippen LogP contribution in [0.3, 0.4) is 0 Å². The summed E-state index contributed by atoms with van der Waals surface area (Å²) in [5, 5.41) is 13.8. The molecule has 0 aliphatic rings. The Kier molecular flexibility index (Phi) is 6.10. The molecule has 1 N–H and O–H groups in total. The van der Waals surface area contributed by atoms with E-state index in [-0.39, 0.29) is 16.9 Å². The normalized spacial score (nSPS) is 11.7. The van der Waals surface area contributed by atoms with E-state index in [1.165, 1.54) is 25.3 Å². The van der Waals surface area contributed by atoms with Crippen molar-refractivity contribution >= 4 is 28.1 Å². The highest BCUT2D eigenvalue weighted by Gasteiger charge is 2.17. The van der Waals surface area contributed by atoms with Crippen LogP contribution in [0.25, 0.3) is 0 Å². The van der Waals surface area contributed by atoms with E-state index >= 15 is 0 Å². The summed E-state index contributed by atoms with van der Waals surface area (Å²) in [6.07, 6.45) is 0. The van der Waals surface area contributed by atoms with Gasteiger partial charge < -0.3 is 10.1 Å². The van der Waals surface area contributed by atoms with Crippen LogP contribution < -0.4 is 5.32 Å². The average molecular weight is 300 g/mol. The number of hydrogen-bond acceptors (Lipinski definition) is 6. The Labute approximate surface area is 118 Å². The molecule has 1 rings (SSSR count). The molecular formula is C12H16N2O5S. The molecule has 0 amide bonds. The molecule has 0 bridgehead atoms. The van der Waals surface area contributed by atoms with Crippen molar-refractivity contribution in [1.82, 2.24) is 0 Å². The van der Waals surface area contributed by atoms with Gasteiger partial charge in [-0.15, -0.1) is 0 Å². The lowest BCUT2D eigenvalue weighted by Crippen LogP contribution is -2.13. The van der Waals surface area contributed by atoms with E-state index in [0.29, 0.717) is 18.1 Å². The van der Waals surface area contributed by atoms with Crippen molar-refractivity contribution in [2.45, 2.75) is 6.92 Å². The second-order valence-electron chi connectivity index (χ2n) is 3.84. The minimum atomic E-state index is -0.958. The Morgan fingerprint density at radius 1 is 1.50 bits per heavy atom. The Hall–Kier alpha value is -1.96. The molecule has 0 saturated heterocycles. The number of anilines is 1. The topological polar surface area (TPSA) is 98.5 Å². The van der Waals surface area contributed by atoms with Gasteiger partial charge in [-0.25, -0.2) is 4.79 Å². The first-order chi connectivity index (χ1) is 9.49. The standard InChI is InChI=1S/C12H16N2O5S/c1-3-20(18)7-6-13-10-8-9(12(15)19-2)4-5-11(10)14(16)17/h4-5,8,13H,3,6-7H2,1-2H3. The van der Waals surface area contributed by atoms with Crippen LogP contribution in [-0.2, 0) is 15.5 Å². The number of ether oxygens (including phenoxy) is 1. The van der Waals surface area contributed by atoms with Gasteiger partial charge in [0.2, 0.25) is 0 Å². The second kappa shape index (κ2) is 7.59. The van der Waals surface area contributed by atoms with Crippen molar-refractivity contribution in [2.75, 3.05) is 30.5 Å². The average Bonchev–Trinajstić information content (AvgIpc) is 2.45. The summed E-state index contributed by atoms with van der Waals surface area (Å²) in [5.74, 6) is 0.349. The van der Waals surface area contributed by atoms with Crippen LogP contribution in [0.2, 0.25) is 0 Å². The lowest BCUT2D eigenvalue weighted by atomic mass is 10.1. The summed E-state index contributed by atoms with van der Waals surface area (Å²) in [7, 11) is 0.280. The predicted octanol–water partition coefficient (Wildman–Crippen LogP) is 1.56. The van der Waals surface area contributed by atoms with E-state index in [9.17, 15) is 19.1 Å². The molecule has 0 aromatic heterocycles. The highest BCUT2D eigenvalue weighted by atomic mass is 32.2. The summed E-state index contributed by atoms with van der Waals surface area (Å²) in [6.45, 7) is 2.13. The van der Waals surface area contributed by atoms with Crippen LogP contribution in [0.4, 0.5) is 11.4 Å². The van der Waals surface area contributed by atoms with Crippen molar-refractivity contribution in [1.29, 1.82) is 0 Å². The number of nitro groups is 1. The van der Waals surface area contributed by atoms with Gasteiger partial charge in [0.1, 0.15) is 5.69 Å². The molecule has 1 aromatic rings. The highest BCUT2D eigenvalue weighted by Crippen LogP contribution is 2.25. The Morgan fingerprint density at radius 2 is 2.20 bits per heavy atom. The molecule has 7 nitrogen and oxygen atoms in total. The van der Waals surface area contributed by atoms with Gasteiger partial charge >= 0.3 is 5.97 Å². The predicted molar refractivity (Wildman–Crippen MR) is 76.5 cm³/mol. The molecule has 0 spiro atoms. The molecule has 0 saturated carbocycles. The van der Waals surface area contributed by atoms with Crippen LogP contribution in [-0.4, -0.2) is 40.3 Å². The first-order valence-electron chi connectivity index (χ1n) is 5.95. The fourth-order valence-corrected chi connectivity index (χ4v) is 2.14. The van der Waals surface area contributed by atoms with Gasteiger partial charge in [0.05, 0.1) is 17.6 Å². The lowest BCUT2D eigenvalue weighted by Gasteiger charge is -2.08. The Morgan fingerprint density at radius 3 is 2.75 bits per heavy atom. The molecule has 110 valence electrons. The van der Waals surface area contributed by atoms with Gasteiger partial charge in [0.15, 0.2) is 0 Å². The van der Waals surface area contributed by atoms with Crippen molar-refractivity contribution in [3.8, 4) is 0 Å². The maximum absolute atomic E-state index is 11.4. The fraction of sp³-hybridized carbons (Fsp3) is 0.417. The third-order valence-corrected chi connectivity index (χ3v) is 3.88. The number of nitro benzene ring substituents is 1. The third-order valence-electron chi connectivity index (χ3n) is 2.58. The first-order valence-corrected chi connectivity index (χ1v) is 7.44. The summed E-state index contributed by atoms with van der Waals surface area (Å²) < 4.78 is 15.9. The molecule has 0 radical (unpaired) electrons. The summed E-state index contributed by atoms with van der Waals surface area (Å²) in [4.78, 5) is 21.8. The van der Waals surface area contributed by atoms with Gasteiger partial charge in [-0.05, 0) is 12.1 Å². The van der Waals surface area contributed by atoms with Gasteiger partial charge in [-0.2, -0.15) is 0 Å². The second-order valence-corrected chi connectivity index (χ2v) is 5.71.